The van der Waals surface area contributed by atoms with Gasteiger partial charge in [0.05, 0.1) is 11.3 Å². The van der Waals surface area contributed by atoms with E-state index in [2.05, 4.69) is 5.10 Å². The van der Waals surface area contributed by atoms with E-state index in [1.807, 2.05) is 6.07 Å². The molecule has 1 atom stereocenters. The molecule has 2 N–H and O–H groups in total. The molecule has 3 aromatic rings. The summed E-state index contributed by atoms with van der Waals surface area (Å²) in [5.74, 6) is -1.06. The molecule has 0 radical (unpaired) electrons. The number of aromatic nitrogens is 2. The Hall–Kier alpha value is -3.57. The highest BCUT2D eigenvalue weighted by Gasteiger charge is 2.28. The van der Waals surface area contributed by atoms with Crippen molar-refractivity contribution in [2.24, 2.45) is 5.73 Å². The van der Waals surface area contributed by atoms with Crippen molar-refractivity contribution < 1.29 is 13.6 Å². The number of benzene rings is 2. The first-order valence-corrected chi connectivity index (χ1v) is 11.1. The van der Waals surface area contributed by atoms with E-state index in [0.29, 0.717) is 30.3 Å². The van der Waals surface area contributed by atoms with Crippen LogP contribution in [-0.4, -0.2) is 39.7 Å². The van der Waals surface area contributed by atoms with Crippen LogP contribution in [0.3, 0.4) is 0 Å². The van der Waals surface area contributed by atoms with Gasteiger partial charge in [0.1, 0.15) is 23.4 Å². The van der Waals surface area contributed by atoms with Gasteiger partial charge in [0.15, 0.2) is 5.69 Å². The van der Waals surface area contributed by atoms with Crippen molar-refractivity contribution >= 4 is 5.91 Å². The number of piperidine rings is 1. The molecule has 1 amide bonds. The average Bonchev–Trinajstić information content (AvgIpc) is 3.57. The van der Waals surface area contributed by atoms with E-state index in [0.717, 1.165) is 31.2 Å². The molecule has 2 fully saturated rings. The standard InChI is InChI=1S/C25H23F2N5O/c26-20-11-17(5-6-18(20)13-28)24-12-22(25(33)31-9-1-2-19(29)14-31)30-32(24)23-8-7-16(10-21(23)27)15-3-4-15/h5-8,10-12,15,19H,1-4,9,14,29H2. The maximum Gasteiger partial charge on any atom is 0.274 e. The Morgan fingerprint density at radius 2 is 1.91 bits per heavy atom. The maximum absolute atomic E-state index is 15.1. The van der Waals surface area contributed by atoms with Crippen molar-refractivity contribution in [1.29, 1.82) is 5.26 Å². The number of rotatable bonds is 4. The fourth-order valence-corrected chi connectivity index (χ4v) is 4.36. The predicted molar refractivity (Wildman–Crippen MR) is 119 cm³/mol. The minimum atomic E-state index is -0.692. The van der Waals surface area contributed by atoms with Crippen LogP contribution in [0.5, 0.6) is 0 Å². The molecule has 6 nitrogen and oxygen atoms in total. The van der Waals surface area contributed by atoms with Gasteiger partial charge in [-0.3, -0.25) is 4.79 Å². The normalized spacial score (nSPS) is 18.2. The zero-order valence-corrected chi connectivity index (χ0v) is 18.0. The molecule has 1 saturated heterocycles. The lowest BCUT2D eigenvalue weighted by molar-refractivity contribution is 0.0702. The van der Waals surface area contributed by atoms with Crippen LogP contribution in [0.4, 0.5) is 8.78 Å². The zero-order valence-electron chi connectivity index (χ0n) is 18.0. The van der Waals surface area contributed by atoms with E-state index >= 15 is 4.39 Å². The van der Waals surface area contributed by atoms with Gasteiger partial charge >= 0.3 is 0 Å². The monoisotopic (exact) mass is 447 g/mol. The lowest BCUT2D eigenvalue weighted by atomic mass is 10.1. The van der Waals surface area contributed by atoms with Crippen molar-refractivity contribution in [1.82, 2.24) is 14.7 Å². The molecule has 1 aliphatic carbocycles. The average molecular weight is 447 g/mol. The number of amides is 1. The highest BCUT2D eigenvalue weighted by molar-refractivity contribution is 5.93. The van der Waals surface area contributed by atoms with Gasteiger partial charge in [0.25, 0.3) is 5.91 Å². The van der Waals surface area contributed by atoms with Crippen molar-refractivity contribution in [3.05, 3.63) is 70.9 Å². The number of nitrogens with zero attached hydrogens (tertiary/aromatic N) is 4. The first kappa shape index (κ1) is 21.3. The van der Waals surface area contributed by atoms with E-state index in [9.17, 15) is 9.18 Å². The number of carbonyl (C=O) groups excluding carboxylic acids is 1. The maximum atomic E-state index is 15.1. The smallest absolute Gasteiger partial charge is 0.274 e. The van der Waals surface area contributed by atoms with Gasteiger partial charge in [-0.25, -0.2) is 13.5 Å². The lowest BCUT2D eigenvalue weighted by Gasteiger charge is -2.30. The number of likely N-dealkylation sites (tertiary alicyclic amines) is 1. The van der Waals surface area contributed by atoms with E-state index in [1.54, 1.807) is 23.1 Å². The number of hydrogen-bond acceptors (Lipinski definition) is 4. The molecule has 1 aliphatic heterocycles. The minimum Gasteiger partial charge on any atom is -0.336 e. The van der Waals surface area contributed by atoms with E-state index in [1.165, 1.54) is 28.9 Å². The second kappa shape index (κ2) is 8.41. The quantitative estimate of drug-likeness (QED) is 0.651. The summed E-state index contributed by atoms with van der Waals surface area (Å²) in [4.78, 5) is 14.8. The summed E-state index contributed by atoms with van der Waals surface area (Å²) >= 11 is 0. The molecule has 168 valence electrons. The Bertz CT molecular complexity index is 1270. The molecule has 1 saturated carbocycles. The Morgan fingerprint density at radius 1 is 1.09 bits per heavy atom. The summed E-state index contributed by atoms with van der Waals surface area (Å²) in [5, 5.41) is 13.5. The molecule has 33 heavy (non-hydrogen) atoms. The minimum absolute atomic E-state index is 0.0932. The second-order valence-corrected chi connectivity index (χ2v) is 8.77. The van der Waals surface area contributed by atoms with Crippen LogP contribution in [-0.2, 0) is 0 Å². The number of nitrogens with two attached hydrogens (primary N) is 1. The molecule has 0 spiro atoms. The molecule has 1 unspecified atom stereocenters. The van der Waals surface area contributed by atoms with Gasteiger partial charge in [-0.2, -0.15) is 10.4 Å². The number of halogens is 2. The lowest BCUT2D eigenvalue weighted by Crippen LogP contribution is -2.45. The van der Waals surface area contributed by atoms with Crippen LogP contribution < -0.4 is 5.73 Å². The Kier molecular flexibility index (Phi) is 5.43. The molecule has 8 heteroatoms. The van der Waals surface area contributed by atoms with Gasteiger partial charge in [0, 0.05) is 24.7 Å². The fraction of sp³-hybridized carbons (Fsp3) is 0.320. The van der Waals surface area contributed by atoms with Gasteiger partial charge in [0.2, 0.25) is 0 Å². The molecule has 2 heterocycles. The van der Waals surface area contributed by atoms with Gasteiger partial charge in [-0.1, -0.05) is 12.1 Å². The largest absolute Gasteiger partial charge is 0.336 e. The molecule has 0 bridgehead atoms. The van der Waals surface area contributed by atoms with Crippen LogP contribution in [0.2, 0.25) is 0 Å². The molecular formula is C25H23F2N5O. The van der Waals surface area contributed by atoms with E-state index in [-0.39, 0.29) is 28.9 Å². The van der Waals surface area contributed by atoms with E-state index in [4.69, 9.17) is 11.0 Å². The topological polar surface area (TPSA) is 87.9 Å². The highest BCUT2D eigenvalue weighted by atomic mass is 19.1. The summed E-state index contributed by atoms with van der Waals surface area (Å²) < 4.78 is 30.9. The highest BCUT2D eigenvalue weighted by Crippen LogP contribution is 2.41. The van der Waals surface area contributed by atoms with Gasteiger partial charge < -0.3 is 10.6 Å². The summed E-state index contributed by atoms with van der Waals surface area (Å²) in [5.41, 5.74) is 7.93. The zero-order chi connectivity index (χ0) is 23.1. The van der Waals surface area contributed by atoms with Crippen LogP contribution in [0, 0.1) is 23.0 Å². The third-order valence-corrected chi connectivity index (χ3v) is 6.31. The molecule has 1 aromatic heterocycles. The van der Waals surface area contributed by atoms with Gasteiger partial charge in [-0.15, -0.1) is 0 Å². The summed E-state index contributed by atoms with van der Waals surface area (Å²) in [6, 6.07) is 12.4. The third kappa shape index (κ3) is 4.12. The van der Waals surface area contributed by atoms with E-state index < -0.39 is 11.6 Å². The Morgan fingerprint density at radius 3 is 2.58 bits per heavy atom. The van der Waals surface area contributed by atoms with Crippen molar-refractivity contribution in [2.75, 3.05) is 13.1 Å². The fourth-order valence-electron chi connectivity index (χ4n) is 4.36. The van der Waals surface area contributed by atoms with Crippen LogP contribution in [0.15, 0.2) is 42.5 Å². The summed E-state index contributed by atoms with van der Waals surface area (Å²) in [6.45, 7) is 1.00. The molecule has 2 aliphatic rings. The molecular weight excluding hydrogens is 424 g/mol. The van der Waals surface area contributed by atoms with Crippen LogP contribution in [0.1, 0.15) is 53.2 Å². The van der Waals surface area contributed by atoms with Gasteiger partial charge in [-0.05, 0) is 67.5 Å². The number of nitriles is 1. The first-order chi connectivity index (χ1) is 15.9. The number of hydrogen-bond donors (Lipinski definition) is 1. The van der Waals surface area contributed by atoms with Crippen LogP contribution in [0.25, 0.3) is 16.9 Å². The SMILES string of the molecule is N#Cc1ccc(-c2cc(C(=O)N3CCCC(N)C3)nn2-c2ccc(C3CC3)cc2F)cc1F. The number of carbonyl (C=O) groups is 1. The van der Waals surface area contributed by atoms with Crippen molar-refractivity contribution in [3.8, 4) is 23.0 Å². The molecule has 5 rings (SSSR count). The predicted octanol–water partition coefficient (Wildman–Crippen LogP) is 4.13. The second-order valence-electron chi connectivity index (χ2n) is 8.77. The summed E-state index contributed by atoms with van der Waals surface area (Å²) in [7, 11) is 0. The van der Waals surface area contributed by atoms with Crippen LogP contribution >= 0.6 is 0 Å². The van der Waals surface area contributed by atoms with Crippen molar-refractivity contribution in [2.45, 2.75) is 37.6 Å². The third-order valence-electron chi connectivity index (χ3n) is 6.31. The summed E-state index contributed by atoms with van der Waals surface area (Å²) in [6.07, 6.45) is 3.75. The molecule has 2 aromatic carbocycles. The Balaban J connectivity index is 1.60. The van der Waals surface area contributed by atoms with Crippen molar-refractivity contribution in [3.63, 3.8) is 0 Å². The first-order valence-electron chi connectivity index (χ1n) is 11.1. The Labute approximate surface area is 190 Å².